The van der Waals surface area contributed by atoms with Gasteiger partial charge in [0.1, 0.15) is 17.2 Å². The molecule has 0 spiro atoms. The monoisotopic (exact) mass is 345 g/mol. The molecule has 1 saturated carbocycles. The Morgan fingerprint density at radius 3 is 2.68 bits per heavy atom. The van der Waals surface area contributed by atoms with E-state index >= 15 is 0 Å². The fourth-order valence-corrected chi connectivity index (χ4v) is 2.75. The molecule has 0 atom stereocenters. The Morgan fingerprint density at radius 2 is 2.08 bits per heavy atom. The third kappa shape index (κ3) is 3.46. The summed E-state index contributed by atoms with van der Waals surface area (Å²) >= 11 is 0. The van der Waals surface area contributed by atoms with E-state index in [-0.39, 0.29) is 17.9 Å². The third-order valence-corrected chi connectivity index (χ3v) is 4.71. The minimum absolute atomic E-state index is 0.102. The van der Waals surface area contributed by atoms with Gasteiger partial charge in [0.15, 0.2) is 0 Å². The molecule has 3 rings (SSSR count). The zero-order chi connectivity index (χ0) is 18.0. The molecule has 2 aromatic rings. The molecule has 1 amide bonds. The smallest absolute Gasteiger partial charge is 0.269 e. The maximum atomic E-state index is 12.5. The van der Waals surface area contributed by atoms with Crippen LogP contribution in [-0.2, 0) is 7.05 Å². The van der Waals surface area contributed by atoms with Crippen LogP contribution in [0.5, 0.6) is 11.5 Å². The van der Waals surface area contributed by atoms with Crippen molar-refractivity contribution in [1.82, 2.24) is 15.1 Å². The van der Waals surface area contributed by atoms with Gasteiger partial charge in [-0.3, -0.25) is 9.48 Å². The Labute approximate surface area is 146 Å². The van der Waals surface area contributed by atoms with E-state index in [1.54, 1.807) is 38.1 Å². The van der Waals surface area contributed by atoms with Crippen molar-refractivity contribution in [2.24, 2.45) is 12.5 Å². The van der Waals surface area contributed by atoms with Gasteiger partial charge in [0, 0.05) is 24.6 Å². The summed E-state index contributed by atoms with van der Waals surface area (Å²) in [5.41, 5.74) is 1.71. The van der Waals surface area contributed by atoms with E-state index in [4.69, 9.17) is 9.47 Å². The van der Waals surface area contributed by atoms with Crippen LogP contribution in [0.2, 0.25) is 0 Å². The van der Waals surface area contributed by atoms with Crippen LogP contribution in [0.4, 0.5) is 0 Å². The van der Waals surface area contributed by atoms with Gasteiger partial charge < -0.3 is 19.9 Å². The summed E-state index contributed by atoms with van der Waals surface area (Å²) in [7, 11) is 4.91. The Kier molecular flexibility index (Phi) is 4.67. The highest BCUT2D eigenvalue weighted by atomic mass is 16.5. The second kappa shape index (κ2) is 6.76. The van der Waals surface area contributed by atoms with Gasteiger partial charge in [-0.25, -0.2) is 0 Å². The van der Waals surface area contributed by atoms with E-state index in [0.29, 0.717) is 29.4 Å². The van der Waals surface area contributed by atoms with Crippen LogP contribution in [0.25, 0.3) is 11.3 Å². The molecule has 1 aliphatic carbocycles. The number of methoxy groups -OCH3 is 2. The zero-order valence-electron chi connectivity index (χ0n) is 14.7. The third-order valence-electron chi connectivity index (χ3n) is 4.71. The van der Waals surface area contributed by atoms with E-state index in [9.17, 15) is 9.90 Å². The molecule has 134 valence electrons. The summed E-state index contributed by atoms with van der Waals surface area (Å²) < 4.78 is 12.2. The molecule has 1 fully saturated rings. The Bertz CT molecular complexity index is 781. The van der Waals surface area contributed by atoms with Gasteiger partial charge in [-0.05, 0) is 37.1 Å². The number of aromatic nitrogens is 2. The molecule has 7 heteroatoms. The van der Waals surface area contributed by atoms with Crippen LogP contribution in [-0.4, -0.2) is 48.2 Å². The summed E-state index contributed by atoms with van der Waals surface area (Å²) in [5.74, 6) is 1.14. The van der Waals surface area contributed by atoms with Crippen LogP contribution >= 0.6 is 0 Å². The molecule has 7 nitrogen and oxygen atoms in total. The first-order valence-corrected chi connectivity index (χ1v) is 8.17. The normalized spacial score (nSPS) is 14.9. The van der Waals surface area contributed by atoms with Crippen molar-refractivity contribution in [3.05, 3.63) is 30.0 Å². The summed E-state index contributed by atoms with van der Waals surface area (Å²) in [4.78, 5) is 12.5. The van der Waals surface area contributed by atoms with E-state index in [0.717, 1.165) is 18.4 Å². The lowest BCUT2D eigenvalue weighted by Gasteiger charge is -2.12. The Morgan fingerprint density at radius 1 is 1.32 bits per heavy atom. The number of rotatable bonds is 7. The number of ether oxygens (including phenoxy) is 2. The maximum Gasteiger partial charge on any atom is 0.269 e. The van der Waals surface area contributed by atoms with Crippen molar-refractivity contribution >= 4 is 5.91 Å². The lowest BCUT2D eigenvalue weighted by atomic mass is 10.1. The van der Waals surface area contributed by atoms with Gasteiger partial charge in [-0.15, -0.1) is 0 Å². The number of nitrogens with zero attached hydrogens (tertiary/aromatic N) is 2. The number of aryl methyl sites for hydroxylation is 1. The zero-order valence-corrected chi connectivity index (χ0v) is 14.7. The summed E-state index contributed by atoms with van der Waals surface area (Å²) in [5, 5.41) is 16.7. The van der Waals surface area contributed by atoms with Crippen molar-refractivity contribution in [2.45, 2.75) is 12.8 Å². The summed E-state index contributed by atoms with van der Waals surface area (Å²) in [6.07, 6.45) is 1.89. The molecule has 1 aromatic carbocycles. The molecule has 0 saturated heterocycles. The molecular weight excluding hydrogens is 322 g/mol. The van der Waals surface area contributed by atoms with Crippen LogP contribution < -0.4 is 14.8 Å². The molecule has 25 heavy (non-hydrogen) atoms. The molecule has 1 aliphatic rings. The fraction of sp³-hybridized carbons (Fsp3) is 0.444. The number of aliphatic hydroxyl groups excluding tert-OH is 1. The van der Waals surface area contributed by atoms with E-state index in [1.807, 2.05) is 12.1 Å². The number of nitrogens with one attached hydrogen (secondary N) is 1. The number of hydrogen-bond acceptors (Lipinski definition) is 5. The summed E-state index contributed by atoms with van der Waals surface area (Å²) in [6.45, 7) is 0.580. The molecule has 0 bridgehead atoms. The Hall–Kier alpha value is -2.54. The SMILES string of the molecule is COc1ccc(OC)c(-c2cc(C(=O)NCC3(CO)CC3)n(C)n2)c1. The number of amides is 1. The van der Waals surface area contributed by atoms with Gasteiger partial charge in [0.25, 0.3) is 5.91 Å². The van der Waals surface area contributed by atoms with Crippen LogP contribution in [0.15, 0.2) is 24.3 Å². The fourth-order valence-electron chi connectivity index (χ4n) is 2.75. The van der Waals surface area contributed by atoms with E-state index in [2.05, 4.69) is 10.4 Å². The first kappa shape index (κ1) is 17.3. The van der Waals surface area contributed by atoms with E-state index in [1.165, 1.54) is 0 Å². The molecule has 0 radical (unpaired) electrons. The van der Waals surface area contributed by atoms with Crippen LogP contribution in [0.1, 0.15) is 23.3 Å². The second-order valence-electron chi connectivity index (χ2n) is 6.45. The second-order valence-corrected chi connectivity index (χ2v) is 6.45. The average molecular weight is 345 g/mol. The number of carbonyl (C=O) groups excluding carboxylic acids is 1. The molecule has 0 unspecified atom stereocenters. The standard InChI is InChI=1S/C18H23N3O4/c1-21-15(17(23)19-10-18(11-22)6-7-18)9-14(20-21)13-8-12(24-2)4-5-16(13)25-3/h4-5,8-9,22H,6-7,10-11H2,1-3H3,(H,19,23). The predicted molar refractivity (Wildman–Crippen MR) is 92.8 cm³/mol. The number of aliphatic hydroxyl groups is 1. The largest absolute Gasteiger partial charge is 0.497 e. The van der Waals surface area contributed by atoms with Crippen molar-refractivity contribution < 1.29 is 19.4 Å². The predicted octanol–water partition coefficient (Wildman–Crippen LogP) is 1.61. The minimum atomic E-state index is -0.206. The van der Waals surface area contributed by atoms with Gasteiger partial charge >= 0.3 is 0 Å². The number of carbonyl (C=O) groups is 1. The van der Waals surface area contributed by atoms with Crippen molar-refractivity contribution in [3.63, 3.8) is 0 Å². The molecular formula is C18H23N3O4. The highest BCUT2D eigenvalue weighted by Gasteiger charge is 2.42. The van der Waals surface area contributed by atoms with Crippen molar-refractivity contribution in [1.29, 1.82) is 0 Å². The van der Waals surface area contributed by atoms with Crippen LogP contribution in [0.3, 0.4) is 0 Å². The lowest BCUT2D eigenvalue weighted by molar-refractivity contribution is 0.0926. The van der Waals surface area contributed by atoms with Gasteiger partial charge in [0.2, 0.25) is 0 Å². The molecule has 1 aromatic heterocycles. The molecule has 1 heterocycles. The van der Waals surface area contributed by atoms with E-state index < -0.39 is 0 Å². The molecule has 0 aliphatic heterocycles. The van der Waals surface area contributed by atoms with Crippen LogP contribution in [0, 0.1) is 5.41 Å². The minimum Gasteiger partial charge on any atom is -0.497 e. The highest BCUT2D eigenvalue weighted by Crippen LogP contribution is 2.44. The topological polar surface area (TPSA) is 85.6 Å². The average Bonchev–Trinajstić information content (AvgIpc) is 3.33. The quantitative estimate of drug-likeness (QED) is 0.796. The highest BCUT2D eigenvalue weighted by molar-refractivity contribution is 5.94. The number of benzene rings is 1. The Balaban J connectivity index is 1.83. The van der Waals surface area contributed by atoms with Gasteiger partial charge in [-0.2, -0.15) is 5.10 Å². The lowest BCUT2D eigenvalue weighted by Crippen LogP contribution is -2.32. The van der Waals surface area contributed by atoms with Crippen molar-refractivity contribution in [3.8, 4) is 22.8 Å². The number of hydrogen-bond donors (Lipinski definition) is 2. The van der Waals surface area contributed by atoms with Gasteiger partial charge in [0.05, 0.1) is 26.5 Å². The van der Waals surface area contributed by atoms with Crippen molar-refractivity contribution in [2.75, 3.05) is 27.4 Å². The first-order chi connectivity index (χ1) is 12.0. The first-order valence-electron chi connectivity index (χ1n) is 8.17. The molecule has 2 N–H and O–H groups in total. The summed E-state index contributed by atoms with van der Waals surface area (Å²) in [6, 6.07) is 7.17. The van der Waals surface area contributed by atoms with Gasteiger partial charge in [-0.1, -0.05) is 0 Å². The maximum absolute atomic E-state index is 12.5.